The summed E-state index contributed by atoms with van der Waals surface area (Å²) in [6.45, 7) is 3.19. The van der Waals surface area contributed by atoms with Crippen LogP contribution in [0.1, 0.15) is 22.8 Å². The van der Waals surface area contributed by atoms with Crippen LogP contribution in [0.3, 0.4) is 0 Å². The van der Waals surface area contributed by atoms with Crippen LogP contribution < -0.4 is 5.32 Å². The first kappa shape index (κ1) is 15.3. The van der Waals surface area contributed by atoms with Crippen LogP contribution >= 0.6 is 11.6 Å². The molecular formula is C15H17ClN4O. The SMILES string of the molecule is CCNc1ncc(C(=O)N(C)Cc2ccncc2)cc1Cl. The molecule has 0 saturated carbocycles. The number of carbonyl (C=O) groups is 1. The van der Waals surface area contributed by atoms with Crippen LogP contribution in [0.4, 0.5) is 5.82 Å². The number of aromatic nitrogens is 2. The standard InChI is InChI=1S/C15H17ClN4O/c1-3-18-14-13(16)8-12(9-19-14)15(21)20(2)10-11-4-6-17-7-5-11/h4-9H,3,10H2,1-2H3,(H,18,19). The third-order valence-corrected chi connectivity index (χ3v) is 3.24. The number of nitrogens with zero attached hydrogens (tertiary/aromatic N) is 3. The van der Waals surface area contributed by atoms with Gasteiger partial charge in [0.05, 0.1) is 10.6 Å². The first-order chi connectivity index (χ1) is 10.1. The summed E-state index contributed by atoms with van der Waals surface area (Å²) < 4.78 is 0. The van der Waals surface area contributed by atoms with Gasteiger partial charge in [0.1, 0.15) is 5.82 Å². The summed E-state index contributed by atoms with van der Waals surface area (Å²) in [6, 6.07) is 5.39. The molecule has 1 N–H and O–H groups in total. The van der Waals surface area contributed by atoms with E-state index in [4.69, 9.17) is 11.6 Å². The third kappa shape index (κ3) is 3.92. The fourth-order valence-electron chi connectivity index (χ4n) is 1.91. The first-order valence-electron chi connectivity index (χ1n) is 6.65. The van der Waals surface area contributed by atoms with E-state index in [-0.39, 0.29) is 5.91 Å². The van der Waals surface area contributed by atoms with Gasteiger partial charge in [0.15, 0.2) is 0 Å². The summed E-state index contributed by atoms with van der Waals surface area (Å²) in [5, 5.41) is 3.48. The summed E-state index contributed by atoms with van der Waals surface area (Å²) in [6.07, 6.45) is 4.95. The van der Waals surface area contributed by atoms with E-state index in [1.807, 2.05) is 19.1 Å². The Kier molecular flexibility index (Phi) is 5.11. The molecule has 5 nitrogen and oxygen atoms in total. The molecular weight excluding hydrogens is 288 g/mol. The molecule has 0 saturated heterocycles. The highest BCUT2D eigenvalue weighted by molar-refractivity contribution is 6.33. The Bertz CT molecular complexity index is 618. The zero-order chi connectivity index (χ0) is 15.2. The molecule has 2 rings (SSSR count). The van der Waals surface area contributed by atoms with Crippen LogP contribution in [0.2, 0.25) is 5.02 Å². The maximum absolute atomic E-state index is 12.4. The molecule has 0 unspecified atom stereocenters. The maximum Gasteiger partial charge on any atom is 0.255 e. The van der Waals surface area contributed by atoms with Gasteiger partial charge in [0.2, 0.25) is 0 Å². The highest BCUT2D eigenvalue weighted by Gasteiger charge is 2.14. The van der Waals surface area contributed by atoms with Gasteiger partial charge in [-0.25, -0.2) is 4.98 Å². The molecule has 2 aromatic heterocycles. The molecule has 0 aliphatic carbocycles. The molecule has 0 bridgehead atoms. The van der Waals surface area contributed by atoms with Crippen molar-refractivity contribution in [1.29, 1.82) is 0 Å². The normalized spacial score (nSPS) is 10.2. The van der Waals surface area contributed by atoms with E-state index in [2.05, 4.69) is 15.3 Å². The van der Waals surface area contributed by atoms with Crippen molar-refractivity contribution < 1.29 is 4.79 Å². The largest absolute Gasteiger partial charge is 0.369 e. The van der Waals surface area contributed by atoms with Crippen molar-refractivity contribution in [1.82, 2.24) is 14.9 Å². The summed E-state index contributed by atoms with van der Waals surface area (Å²) in [5.74, 6) is 0.469. The molecule has 0 spiro atoms. The minimum atomic E-state index is -0.121. The van der Waals surface area contributed by atoms with Crippen LogP contribution in [0.5, 0.6) is 0 Å². The van der Waals surface area contributed by atoms with Crippen molar-refractivity contribution in [3.8, 4) is 0 Å². The zero-order valence-corrected chi connectivity index (χ0v) is 12.8. The van der Waals surface area contributed by atoms with Crippen molar-refractivity contribution in [3.05, 3.63) is 52.9 Å². The number of halogens is 1. The number of hydrogen-bond donors (Lipinski definition) is 1. The Labute approximate surface area is 129 Å². The summed E-state index contributed by atoms with van der Waals surface area (Å²) in [7, 11) is 1.74. The van der Waals surface area contributed by atoms with Gasteiger partial charge in [-0.15, -0.1) is 0 Å². The lowest BCUT2D eigenvalue weighted by molar-refractivity contribution is 0.0784. The van der Waals surface area contributed by atoms with E-state index < -0.39 is 0 Å². The van der Waals surface area contributed by atoms with Crippen LogP contribution in [0, 0.1) is 0 Å². The van der Waals surface area contributed by atoms with E-state index in [0.717, 1.165) is 12.1 Å². The second-order valence-corrected chi connectivity index (χ2v) is 5.01. The Balaban J connectivity index is 2.10. The van der Waals surface area contributed by atoms with Gasteiger partial charge in [-0.1, -0.05) is 11.6 Å². The second kappa shape index (κ2) is 7.04. The lowest BCUT2D eigenvalue weighted by Crippen LogP contribution is -2.26. The Hall–Kier alpha value is -2.14. The number of amides is 1. The van der Waals surface area contributed by atoms with Crippen LogP contribution in [-0.4, -0.2) is 34.4 Å². The Morgan fingerprint density at radius 1 is 1.38 bits per heavy atom. The van der Waals surface area contributed by atoms with Crippen LogP contribution in [0.25, 0.3) is 0 Å². The Morgan fingerprint density at radius 2 is 2.10 bits per heavy atom. The maximum atomic E-state index is 12.4. The lowest BCUT2D eigenvalue weighted by Gasteiger charge is -2.17. The summed E-state index contributed by atoms with van der Waals surface area (Å²) in [4.78, 5) is 22.1. The number of pyridine rings is 2. The molecule has 6 heteroatoms. The van der Waals surface area contributed by atoms with Gasteiger partial charge in [-0.3, -0.25) is 9.78 Å². The summed E-state index contributed by atoms with van der Waals surface area (Å²) in [5.41, 5.74) is 1.49. The zero-order valence-electron chi connectivity index (χ0n) is 12.0. The number of anilines is 1. The Morgan fingerprint density at radius 3 is 2.71 bits per heavy atom. The molecule has 110 valence electrons. The number of carbonyl (C=O) groups excluding carboxylic acids is 1. The second-order valence-electron chi connectivity index (χ2n) is 4.60. The molecule has 0 radical (unpaired) electrons. The van der Waals surface area contributed by atoms with Gasteiger partial charge < -0.3 is 10.2 Å². The molecule has 0 fully saturated rings. The molecule has 1 amide bonds. The van der Waals surface area contributed by atoms with E-state index in [9.17, 15) is 4.79 Å². The number of nitrogens with one attached hydrogen (secondary N) is 1. The minimum Gasteiger partial charge on any atom is -0.369 e. The van der Waals surface area contributed by atoms with E-state index in [0.29, 0.717) is 22.9 Å². The van der Waals surface area contributed by atoms with Gasteiger partial charge in [0, 0.05) is 38.7 Å². The highest BCUT2D eigenvalue weighted by atomic mass is 35.5. The van der Waals surface area contributed by atoms with E-state index in [1.54, 1.807) is 30.4 Å². The van der Waals surface area contributed by atoms with Gasteiger partial charge in [-0.2, -0.15) is 0 Å². The quantitative estimate of drug-likeness (QED) is 0.923. The van der Waals surface area contributed by atoms with Gasteiger partial charge >= 0.3 is 0 Å². The fourth-order valence-corrected chi connectivity index (χ4v) is 2.14. The first-order valence-corrected chi connectivity index (χ1v) is 7.03. The number of hydrogen-bond acceptors (Lipinski definition) is 4. The van der Waals surface area contributed by atoms with Crippen LogP contribution in [0.15, 0.2) is 36.8 Å². The fraction of sp³-hybridized carbons (Fsp3) is 0.267. The minimum absolute atomic E-state index is 0.121. The highest BCUT2D eigenvalue weighted by Crippen LogP contribution is 2.20. The van der Waals surface area contributed by atoms with Crippen molar-refractivity contribution in [2.75, 3.05) is 18.9 Å². The molecule has 21 heavy (non-hydrogen) atoms. The summed E-state index contributed by atoms with van der Waals surface area (Å²) >= 11 is 6.11. The van der Waals surface area contributed by atoms with E-state index in [1.165, 1.54) is 6.20 Å². The van der Waals surface area contributed by atoms with E-state index >= 15 is 0 Å². The van der Waals surface area contributed by atoms with Gasteiger partial charge in [-0.05, 0) is 30.7 Å². The monoisotopic (exact) mass is 304 g/mol. The molecule has 2 aromatic rings. The number of rotatable bonds is 5. The molecule has 0 aliphatic rings. The topological polar surface area (TPSA) is 58.1 Å². The van der Waals surface area contributed by atoms with Crippen molar-refractivity contribution in [2.45, 2.75) is 13.5 Å². The predicted octanol–water partition coefficient (Wildman–Crippen LogP) is 2.83. The lowest BCUT2D eigenvalue weighted by atomic mass is 10.2. The molecule has 0 aliphatic heterocycles. The molecule has 0 aromatic carbocycles. The average molecular weight is 305 g/mol. The smallest absolute Gasteiger partial charge is 0.255 e. The molecule has 2 heterocycles. The van der Waals surface area contributed by atoms with Gasteiger partial charge in [0.25, 0.3) is 5.91 Å². The average Bonchev–Trinajstić information content (AvgIpc) is 2.49. The van der Waals surface area contributed by atoms with Crippen molar-refractivity contribution >= 4 is 23.3 Å². The van der Waals surface area contributed by atoms with Crippen molar-refractivity contribution in [3.63, 3.8) is 0 Å². The van der Waals surface area contributed by atoms with Crippen LogP contribution in [-0.2, 0) is 6.54 Å². The third-order valence-electron chi connectivity index (χ3n) is 2.95. The predicted molar refractivity (Wildman–Crippen MR) is 83.4 cm³/mol. The molecule has 0 atom stereocenters. The van der Waals surface area contributed by atoms with Crippen molar-refractivity contribution in [2.24, 2.45) is 0 Å².